The molecule has 9 rings (SSSR count). The molecule has 1 aromatic heterocycles. The summed E-state index contributed by atoms with van der Waals surface area (Å²) in [4.78, 5) is 0. The molecule has 0 spiro atoms. The Hall–Kier alpha value is -5.66. The molecule has 0 atom stereocenters. The van der Waals surface area contributed by atoms with Crippen molar-refractivity contribution in [2.75, 3.05) is 0 Å². The molecule has 0 saturated heterocycles. The van der Waals surface area contributed by atoms with E-state index in [1.807, 2.05) is 0 Å². The Bertz CT molecular complexity index is 3140. The molecule has 8 aromatic carbocycles. The lowest BCUT2D eigenvalue weighted by molar-refractivity contribution is 0.669. The van der Waals surface area contributed by atoms with Crippen LogP contribution >= 0.6 is 0 Å². The van der Waals surface area contributed by atoms with Gasteiger partial charge in [0.15, 0.2) is 0 Å². The zero-order valence-electron chi connectivity index (χ0n) is 35.4. The van der Waals surface area contributed by atoms with Crippen LogP contribution in [0.25, 0.3) is 87.6 Å². The predicted molar refractivity (Wildman–Crippen MR) is 183 cm³/mol. The summed E-state index contributed by atoms with van der Waals surface area (Å²) in [6.07, 6.45) is 0. The van der Waals surface area contributed by atoms with E-state index in [9.17, 15) is 5.48 Å². The Morgan fingerprint density at radius 2 is 1.00 bits per heavy atom. The molecule has 43 heavy (non-hydrogen) atoms. The van der Waals surface area contributed by atoms with Crippen LogP contribution in [0.3, 0.4) is 0 Å². The van der Waals surface area contributed by atoms with Crippen molar-refractivity contribution >= 4 is 54.3 Å². The number of rotatable bonds is 3. The molecule has 0 saturated carbocycles. The molecular formula is C42H26O. The van der Waals surface area contributed by atoms with Crippen molar-refractivity contribution in [2.24, 2.45) is 0 Å². The van der Waals surface area contributed by atoms with Crippen LogP contribution < -0.4 is 0 Å². The predicted octanol–water partition coefficient (Wildman–Crippen LogP) is 12.0. The van der Waals surface area contributed by atoms with Gasteiger partial charge in [-0.15, -0.1) is 0 Å². The molecule has 0 N–H and O–H groups in total. The van der Waals surface area contributed by atoms with E-state index in [4.69, 9.17) is 16.8 Å². The van der Waals surface area contributed by atoms with Gasteiger partial charge in [0.2, 0.25) is 0 Å². The number of hydrogen-bond donors (Lipinski definition) is 0. The second-order valence-corrected chi connectivity index (χ2v) is 10.2. The molecule has 1 heteroatoms. The summed E-state index contributed by atoms with van der Waals surface area (Å²) >= 11 is 0. The van der Waals surface area contributed by atoms with Gasteiger partial charge < -0.3 is 4.42 Å². The van der Waals surface area contributed by atoms with Crippen molar-refractivity contribution in [1.29, 1.82) is 0 Å². The van der Waals surface area contributed by atoms with Crippen LogP contribution in [-0.2, 0) is 0 Å². The van der Waals surface area contributed by atoms with Crippen molar-refractivity contribution in [3.05, 3.63) is 157 Å². The third kappa shape index (κ3) is 3.72. The normalized spacial score (nSPS) is 16.0. The Morgan fingerprint density at radius 1 is 0.419 bits per heavy atom. The van der Waals surface area contributed by atoms with E-state index in [1.165, 1.54) is 0 Å². The molecular weight excluding hydrogens is 520 g/mol. The Morgan fingerprint density at radius 3 is 1.67 bits per heavy atom. The van der Waals surface area contributed by atoms with Crippen molar-refractivity contribution in [2.45, 2.75) is 0 Å². The number of hydrogen-bond acceptors (Lipinski definition) is 1. The van der Waals surface area contributed by atoms with Gasteiger partial charge in [-0.2, -0.15) is 0 Å². The highest BCUT2D eigenvalue weighted by atomic mass is 16.3. The summed E-state index contributed by atoms with van der Waals surface area (Å²) in [5.41, 5.74) is 1.24. The quantitative estimate of drug-likeness (QED) is 0.196. The first-order valence-corrected chi connectivity index (χ1v) is 13.7. The molecule has 0 unspecified atom stereocenters. The van der Waals surface area contributed by atoms with Crippen molar-refractivity contribution in [3.63, 3.8) is 0 Å². The van der Waals surface area contributed by atoms with Gasteiger partial charge >= 0.3 is 0 Å². The van der Waals surface area contributed by atoms with Crippen LogP contribution in [0.4, 0.5) is 0 Å². The van der Waals surface area contributed by atoms with Crippen LogP contribution in [0.5, 0.6) is 0 Å². The van der Waals surface area contributed by atoms with Gasteiger partial charge in [0.05, 0.1) is 17.8 Å². The SMILES string of the molecule is [2H]c1c([2H])c(-c2c3ccccc3c(-c3c([2H])c([2H])c([2H])c4oc5c([2H])c6c([2H])c([2H])c([2H])c([2H])c6c([2H])c5c34)c3ccccc23)c([2H])c([2H])c1-c1ccccc1. The minimum atomic E-state index is -0.586. The van der Waals surface area contributed by atoms with Gasteiger partial charge in [-0.05, 0) is 83.8 Å². The first-order valence-electron chi connectivity index (χ1n) is 20.2. The highest BCUT2D eigenvalue weighted by Crippen LogP contribution is 2.47. The summed E-state index contributed by atoms with van der Waals surface area (Å²) in [7, 11) is 0. The van der Waals surface area contributed by atoms with E-state index in [1.54, 1.807) is 78.9 Å². The fourth-order valence-corrected chi connectivity index (χ4v) is 5.96. The summed E-state index contributed by atoms with van der Waals surface area (Å²) in [5, 5.41) is 1.55. The van der Waals surface area contributed by atoms with Crippen molar-refractivity contribution in [1.82, 2.24) is 0 Å². The van der Waals surface area contributed by atoms with Crippen LogP contribution in [0.15, 0.2) is 162 Å². The monoisotopic (exact) mass is 559 g/mol. The molecule has 0 radical (unpaired) electrons. The highest BCUT2D eigenvalue weighted by Gasteiger charge is 2.20. The summed E-state index contributed by atoms with van der Waals surface area (Å²) in [6.45, 7) is 0. The largest absolute Gasteiger partial charge is 0.456 e. The van der Waals surface area contributed by atoms with Gasteiger partial charge in [-0.25, -0.2) is 0 Å². The van der Waals surface area contributed by atoms with Gasteiger partial charge in [-0.3, -0.25) is 0 Å². The van der Waals surface area contributed by atoms with E-state index in [0.29, 0.717) is 38.2 Å². The van der Waals surface area contributed by atoms with E-state index in [-0.39, 0.29) is 85.7 Å². The molecule has 0 bridgehead atoms. The average molecular weight is 560 g/mol. The van der Waals surface area contributed by atoms with Gasteiger partial charge in [0.25, 0.3) is 0 Å². The van der Waals surface area contributed by atoms with Crippen molar-refractivity contribution < 1.29 is 22.2 Å². The average Bonchev–Trinajstić information content (AvgIpc) is 3.61. The minimum absolute atomic E-state index is 0.0483. The first-order chi connectivity index (χ1) is 26.8. The molecule has 9 aromatic rings. The molecule has 200 valence electrons. The topological polar surface area (TPSA) is 13.1 Å². The molecule has 1 heterocycles. The number of fused-ring (bicyclic) bond motifs is 6. The van der Waals surface area contributed by atoms with E-state index in [0.717, 1.165) is 0 Å². The molecule has 0 amide bonds. The summed E-state index contributed by atoms with van der Waals surface area (Å²) in [6, 6.07) is 17.6. The zero-order chi connectivity index (χ0) is 39.6. The molecule has 0 aliphatic rings. The maximum atomic E-state index is 9.40. The Kier molecular flexibility index (Phi) is 3.18. The van der Waals surface area contributed by atoms with Crippen LogP contribution in [0.2, 0.25) is 0 Å². The lowest BCUT2D eigenvalue weighted by Gasteiger charge is -2.18. The van der Waals surface area contributed by atoms with Crippen molar-refractivity contribution in [3.8, 4) is 33.4 Å². The Balaban J connectivity index is 1.49. The number of furan rings is 1. The molecule has 0 aliphatic heterocycles. The third-order valence-corrected chi connectivity index (χ3v) is 7.82. The maximum absolute atomic E-state index is 9.40. The van der Waals surface area contributed by atoms with E-state index >= 15 is 0 Å². The first kappa shape index (κ1) is 14.5. The Labute approximate surface area is 267 Å². The second kappa shape index (κ2) is 9.44. The van der Waals surface area contributed by atoms with E-state index in [2.05, 4.69) is 0 Å². The molecule has 0 aliphatic carbocycles. The number of benzene rings is 8. The van der Waals surface area contributed by atoms with Gasteiger partial charge in [-0.1, -0.05) is 139 Å². The lowest BCUT2D eigenvalue weighted by atomic mass is 9.84. The fourth-order valence-electron chi connectivity index (χ4n) is 5.96. The smallest absolute Gasteiger partial charge is 0.136 e. The second-order valence-electron chi connectivity index (χ2n) is 10.2. The highest BCUT2D eigenvalue weighted by molar-refractivity contribution is 6.26. The zero-order valence-corrected chi connectivity index (χ0v) is 22.4. The summed E-state index contributed by atoms with van der Waals surface area (Å²) in [5.74, 6) is 0. The standard InChI is InChI=1S/C42H26O/c1-2-11-27(12-3-1)28-21-23-29(24-22-28)40-32-15-6-8-17-34(32)41(35-18-9-7-16-33(35)40)36-19-10-20-38-42(36)37-25-30-13-4-5-14-31(30)26-39(37)43-38/h1-26H/i4D,5D,10D,13D,14D,19D,20D,21D,22D,23D,24D,25D,26D. The molecule has 0 fully saturated rings. The fraction of sp³-hybridized carbons (Fsp3) is 0. The third-order valence-electron chi connectivity index (χ3n) is 7.82. The van der Waals surface area contributed by atoms with Gasteiger partial charge in [0.1, 0.15) is 11.2 Å². The molecule has 1 nitrogen and oxygen atoms in total. The minimum Gasteiger partial charge on any atom is -0.456 e. The van der Waals surface area contributed by atoms with Crippen LogP contribution in [-0.4, -0.2) is 0 Å². The van der Waals surface area contributed by atoms with Gasteiger partial charge in [0, 0.05) is 10.8 Å². The van der Waals surface area contributed by atoms with E-state index < -0.39 is 42.3 Å². The van der Waals surface area contributed by atoms with Crippen LogP contribution in [0, 0.1) is 0 Å². The summed E-state index contributed by atoms with van der Waals surface area (Å²) < 4.78 is 122. The maximum Gasteiger partial charge on any atom is 0.136 e. The van der Waals surface area contributed by atoms with Crippen LogP contribution in [0.1, 0.15) is 17.8 Å². The lowest BCUT2D eigenvalue weighted by Crippen LogP contribution is -1.91.